The fourth-order valence-corrected chi connectivity index (χ4v) is 4.05. The van der Waals surface area contributed by atoms with Gasteiger partial charge in [-0.2, -0.15) is 0 Å². The maximum atomic E-state index is 8.35. The zero-order valence-electron chi connectivity index (χ0n) is 11.6. The summed E-state index contributed by atoms with van der Waals surface area (Å²) in [4.78, 5) is 0. The molecule has 0 spiro atoms. The van der Waals surface area contributed by atoms with Crippen LogP contribution in [-0.4, -0.2) is 8.07 Å². The number of hydrogen-bond acceptors (Lipinski definition) is 0. The standard InChI is InChI=1S/C16H20Si/c1-17(2,16-11-7-4-8-12-16)14-13-15-9-5-3-6-10-15/h3-12H,13-14H2,1-2H3/i13D. The second-order valence-electron chi connectivity index (χ2n) is 5.07. The number of aryl methyl sites for hydroxylation is 1. The Hall–Kier alpha value is -1.34. The van der Waals surface area contributed by atoms with Crippen LogP contribution in [0.15, 0.2) is 60.7 Å². The monoisotopic (exact) mass is 241 g/mol. The lowest BCUT2D eigenvalue weighted by atomic mass is 10.2. The molecule has 0 saturated carbocycles. The molecule has 1 atom stereocenters. The largest absolute Gasteiger partial charge is 0.0809 e. The van der Waals surface area contributed by atoms with Crippen molar-refractivity contribution in [3.05, 3.63) is 66.2 Å². The van der Waals surface area contributed by atoms with E-state index in [0.29, 0.717) is 0 Å². The summed E-state index contributed by atoms with van der Waals surface area (Å²) in [7, 11) is -1.51. The highest BCUT2D eigenvalue weighted by molar-refractivity contribution is 6.89. The van der Waals surface area contributed by atoms with E-state index in [1.165, 1.54) is 5.19 Å². The van der Waals surface area contributed by atoms with E-state index in [1.54, 1.807) is 0 Å². The van der Waals surface area contributed by atoms with Crippen molar-refractivity contribution >= 4 is 13.3 Å². The van der Waals surface area contributed by atoms with Gasteiger partial charge in [-0.15, -0.1) is 0 Å². The molecule has 0 bridgehead atoms. The average Bonchev–Trinajstić information content (AvgIpc) is 2.40. The molecule has 0 aromatic heterocycles. The van der Waals surface area contributed by atoms with Gasteiger partial charge in [0.25, 0.3) is 0 Å². The molecule has 0 aliphatic carbocycles. The van der Waals surface area contributed by atoms with Crippen molar-refractivity contribution in [2.75, 3.05) is 0 Å². The first-order valence-electron chi connectivity index (χ1n) is 6.70. The smallest absolute Gasteiger partial charge is 0.0654 e. The van der Waals surface area contributed by atoms with Crippen LogP contribution in [0.3, 0.4) is 0 Å². The normalized spacial score (nSPS) is 14.1. The molecule has 88 valence electrons. The predicted octanol–water partition coefficient (Wildman–Crippen LogP) is 3.84. The molecule has 0 heterocycles. The van der Waals surface area contributed by atoms with E-state index in [-0.39, 0.29) is 6.40 Å². The first-order chi connectivity index (χ1) is 8.59. The first kappa shape index (κ1) is 10.8. The van der Waals surface area contributed by atoms with Gasteiger partial charge in [-0.3, -0.25) is 0 Å². The molecular formula is C16H20Si. The Morgan fingerprint density at radius 1 is 0.882 bits per heavy atom. The number of benzene rings is 2. The summed E-state index contributed by atoms with van der Waals surface area (Å²) in [5, 5.41) is 1.44. The van der Waals surface area contributed by atoms with Crippen molar-refractivity contribution in [2.24, 2.45) is 0 Å². The summed E-state index contributed by atoms with van der Waals surface area (Å²) in [6, 6.07) is 21.8. The Morgan fingerprint density at radius 3 is 2.00 bits per heavy atom. The maximum absolute atomic E-state index is 8.35. The molecule has 0 radical (unpaired) electrons. The Labute approximate surface area is 107 Å². The molecule has 17 heavy (non-hydrogen) atoms. The zero-order valence-corrected chi connectivity index (χ0v) is 11.6. The van der Waals surface area contributed by atoms with Gasteiger partial charge in [0.05, 0.1) is 8.07 Å². The van der Waals surface area contributed by atoms with E-state index in [9.17, 15) is 0 Å². The minimum absolute atomic E-state index is 0.104. The van der Waals surface area contributed by atoms with E-state index >= 15 is 0 Å². The van der Waals surface area contributed by atoms with Gasteiger partial charge in [0.15, 0.2) is 0 Å². The summed E-state index contributed by atoms with van der Waals surface area (Å²) in [6.45, 7) is 4.71. The molecule has 0 N–H and O–H groups in total. The number of hydrogen-bond donors (Lipinski definition) is 0. The van der Waals surface area contributed by atoms with Crippen molar-refractivity contribution in [1.82, 2.24) is 0 Å². The third kappa shape index (κ3) is 3.30. The van der Waals surface area contributed by atoms with Gasteiger partial charge in [-0.1, -0.05) is 78.9 Å². The second kappa shape index (κ2) is 5.33. The van der Waals surface area contributed by atoms with Gasteiger partial charge in [-0.05, 0) is 18.0 Å². The van der Waals surface area contributed by atoms with Crippen LogP contribution in [0.2, 0.25) is 19.1 Å². The van der Waals surface area contributed by atoms with Crippen molar-refractivity contribution in [1.29, 1.82) is 0 Å². The topological polar surface area (TPSA) is 0 Å². The third-order valence-corrected chi connectivity index (χ3v) is 6.32. The van der Waals surface area contributed by atoms with Crippen LogP contribution in [-0.2, 0) is 6.40 Å². The highest BCUT2D eigenvalue weighted by Crippen LogP contribution is 2.14. The minimum atomic E-state index is -1.51. The Balaban J connectivity index is 2.14. The van der Waals surface area contributed by atoms with E-state index in [1.807, 2.05) is 18.2 Å². The minimum Gasteiger partial charge on any atom is -0.0654 e. The van der Waals surface area contributed by atoms with E-state index in [4.69, 9.17) is 1.37 Å². The SMILES string of the molecule is [2H]C(C[Si](C)(C)c1ccccc1)c1ccccc1. The Bertz CT molecular complexity index is 479. The van der Waals surface area contributed by atoms with Crippen LogP contribution in [0.1, 0.15) is 6.93 Å². The molecule has 0 aliphatic rings. The highest BCUT2D eigenvalue weighted by Gasteiger charge is 2.22. The van der Waals surface area contributed by atoms with Crippen molar-refractivity contribution < 1.29 is 1.37 Å². The van der Waals surface area contributed by atoms with E-state index < -0.39 is 8.07 Å². The molecular weight excluding hydrogens is 220 g/mol. The van der Waals surface area contributed by atoms with Crippen LogP contribution >= 0.6 is 0 Å². The highest BCUT2D eigenvalue weighted by atomic mass is 28.3. The van der Waals surface area contributed by atoms with Gasteiger partial charge in [0.2, 0.25) is 0 Å². The lowest BCUT2D eigenvalue weighted by Crippen LogP contribution is -2.41. The van der Waals surface area contributed by atoms with Crippen LogP contribution in [0, 0.1) is 0 Å². The average molecular weight is 241 g/mol. The lowest BCUT2D eigenvalue weighted by molar-refractivity contribution is 1.10. The van der Waals surface area contributed by atoms with Crippen LogP contribution in [0.5, 0.6) is 0 Å². The van der Waals surface area contributed by atoms with Crippen LogP contribution < -0.4 is 5.19 Å². The molecule has 0 saturated heterocycles. The molecule has 0 nitrogen and oxygen atoms in total. The van der Waals surface area contributed by atoms with Crippen LogP contribution in [0.4, 0.5) is 0 Å². The molecule has 0 fully saturated rings. The Morgan fingerprint density at radius 2 is 1.41 bits per heavy atom. The fourth-order valence-electron chi connectivity index (χ4n) is 1.97. The summed E-state index contributed by atoms with van der Waals surface area (Å²) in [6.07, 6.45) is -0.104. The molecule has 2 aromatic carbocycles. The fraction of sp³-hybridized carbons (Fsp3) is 0.250. The number of rotatable bonds is 4. The van der Waals surface area contributed by atoms with Gasteiger partial charge in [0.1, 0.15) is 0 Å². The van der Waals surface area contributed by atoms with Gasteiger partial charge >= 0.3 is 0 Å². The van der Waals surface area contributed by atoms with E-state index in [0.717, 1.165) is 11.6 Å². The molecule has 2 rings (SSSR count). The summed E-state index contributed by atoms with van der Waals surface area (Å²) in [5.41, 5.74) is 1.13. The molecule has 1 heteroatoms. The summed E-state index contributed by atoms with van der Waals surface area (Å²) in [5.74, 6) is 0. The molecule has 0 aliphatic heterocycles. The molecule has 0 amide bonds. The molecule has 2 aromatic rings. The second-order valence-corrected chi connectivity index (χ2v) is 9.82. The van der Waals surface area contributed by atoms with Gasteiger partial charge in [-0.25, -0.2) is 0 Å². The van der Waals surface area contributed by atoms with Crippen molar-refractivity contribution in [3.8, 4) is 0 Å². The maximum Gasteiger partial charge on any atom is 0.0809 e. The van der Waals surface area contributed by atoms with Crippen molar-refractivity contribution in [2.45, 2.75) is 25.5 Å². The zero-order chi connectivity index (χ0) is 13.0. The summed E-state index contributed by atoms with van der Waals surface area (Å²) < 4.78 is 8.35. The third-order valence-electron chi connectivity index (χ3n) is 3.20. The van der Waals surface area contributed by atoms with Crippen LogP contribution in [0.25, 0.3) is 0 Å². The van der Waals surface area contributed by atoms with Gasteiger partial charge < -0.3 is 0 Å². The Kier molecular flexibility index (Phi) is 3.38. The van der Waals surface area contributed by atoms with E-state index in [2.05, 4.69) is 55.6 Å². The quantitative estimate of drug-likeness (QED) is 0.713. The first-order valence-corrected chi connectivity index (χ1v) is 9.33. The molecule has 1 unspecified atom stereocenters. The van der Waals surface area contributed by atoms with Gasteiger partial charge in [0, 0.05) is 1.37 Å². The van der Waals surface area contributed by atoms with Crippen molar-refractivity contribution in [3.63, 3.8) is 0 Å². The lowest BCUT2D eigenvalue weighted by Gasteiger charge is -2.22. The summed E-state index contributed by atoms with van der Waals surface area (Å²) >= 11 is 0. The predicted molar refractivity (Wildman–Crippen MR) is 78.5 cm³/mol.